The number of aromatic nitrogens is 3. The maximum Gasteiger partial charge on any atom is 0.244 e. The lowest BCUT2D eigenvalue weighted by Gasteiger charge is -2.07. The van der Waals surface area contributed by atoms with Gasteiger partial charge in [0.25, 0.3) is 0 Å². The summed E-state index contributed by atoms with van der Waals surface area (Å²) in [4.78, 5) is 8.54. The number of sulfone groups is 1. The van der Waals surface area contributed by atoms with Crippen LogP contribution in [0.25, 0.3) is 0 Å². The first-order chi connectivity index (χ1) is 10.5. The molecule has 3 rings (SSSR count). The SMILES string of the molecule is Cc1noc([C@@H](C)S(=O)(=O)Cc2csc(C3CCCC3)n2)n1. The average molecular weight is 341 g/mol. The Balaban J connectivity index is 1.73. The van der Waals surface area contributed by atoms with Crippen LogP contribution in [0.2, 0.25) is 0 Å². The van der Waals surface area contributed by atoms with E-state index in [1.165, 1.54) is 12.8 Å². The average Bonchev–Trinajstić information content (AvgIpc) is 3.17. The molecule has 22 heavy (non-hydrogen) atoms. The summed E-state index contributed by atoms with van der Waals surface area (Å²) in [5, 5.41) is 5.77. The van der Waals surface area contributed by atoms with Crippen molar-refractivity contribution in [3.05, 3.63) is 27.8 Å². The highest BCUT2D eigenvalue weighted by Gasteiger charge is 2.29. The Kier molecular flexibility index (Phi) is 4.31. The van der Waals surface area contributed by atoms with Crippen LogP contribution in [0.1, 0.15) is 66.2 Å². The van der Waals surface area contributed by atoms with E-state index in [1.54, 1.807) is 25.2 Å². The van der Waals surface area contributed by atoms with Gasteiger partial charge in [0.15, 0.2) is 15.7 Å². The minimum absolute atomic E-state index is 0.0845. The van der Waals surface area contributed by atoms with Crippen molar-refractivity contribution in [2.24, 2.45) is 0 Å². The van der Waals surface area contributed by atoms with Crippen LogP contribution in [0, 0.1) is 6.92 Å². The molecule has 0 radical (unpaired) electrons. The molecule has 1 saturated carbocycles. The smallest absolute Gasteiger partial charge is 0.244 e. The molecule has 1 fully saturated rings. The van der Waals surface area contributed by atoms with E-state index in [2.05, 4.69) is 15.1 Å². The molecule has 1 aliphatic carbocycles. The first kappa shape index (κ1) is 15.6. The molecule has 0 saturated heterocycles. The third-order valence-electron chi connectivity index (χ3n) is 4.05. The third kappa shape index (κ3) is 3.22. The summed E-state index contributed by atoms with van der Waals surface area (Å²) in [7, 11) is -3.42. The fraction of sp³-hybridized carbons (Fsp3) is 0.643. The number of hydrogen-bond acceptors (Lipinski definition) is 7. The van der Waals surface area contributed by atoms with Gasteiger partial charge in [0, 0.05) is 11.3 Å². The summed E-state index contributed by atoms with van der Waals surface area (Å²) in [6.45, 7) is 3.24. The van der Waals surface area contributed by atoms with E-state index in [1.807, 2.05) is 5.38 Å². The Hall–Kier alpha value is -1.28. The molecular weight excluding hydrogens is 322 g/mol. The van der Waals surface area contributed by atoms with Crippen LogP contribution in [-0.4, -0.2) is 23.5 Å². The van der Waals surface area contributed by atoms with Gasteiger partial charge < -0.3 is 4.52 Å². The van der Waals surface area contributed by atoms with Crippen molar-refractivity contribution in [1.29, 1.82) is 0 Å². The van der Waals surface area contributed by atoms with Crippen LogP contribution in [0.4, 0.5) is 0 Å². The summed E-state index contributed by atoms with van der Waals surface area (Å²) in [6, 6.07) is 0. The normalized spacial score (nSPS) is 17.9. The molecule has 8 heteroatoms. The van der Waals surface area contributed by atoms with E-state index in [9.17, 15) is 8.42 Å². The molecule has 6 nitrogen and oxygen atoms in total. The van der Waals surface area contributed by atoms with Crippen LogP contribution < -0.4 is 0 Å². The molecular formula is C14H19N3O3S2. The van der Waals surface area contributed by atoms with Crippen molar-refractivity contribution in [2.45, 2.75) is 56.5 Å². The Morgan fingerprint density at radius 2 is 2.09 bits per heavy atom. The highest BCUT2D eigenvalue weighted by atomic mass is 32.2. The largest absolute Gasteiger partial charge is 0.338 e. The second-order valence-electron chi connectivity index (χ2n) is 5.79. The van der Waals surface area contributed by atoms with Crippen LogP contribution in [-0.2, 0) is 15.6 Å². The molecule has 0 bridgehead atoms. The Morgan fingerprint density at radius 3 is 2.73 bits per heavy atom. The van der Waals surface area contributed by atoms with Gasteiger partial charge in [0.1, 0.15) is 5.25 Å². The lowest BCUT2D eigenvalue weighted by atomic mass is 10.1. The molecule has 1 aliphatic rings. The topological polar surface area (TPSA) is 86.0 Å². The van der Waals surface area contributed by atoms with Crippen molar-refractivity contribution in [1.82, 2.24) is 15.1 Å². The highest BCUT2D eigenvalue weighted by molar-refractivity contribution is 7.90. The summed E-state index contributed by atoms with van der Waals surface area (Å²) in [5.41, 5.74) is 0.620. The molecule has 2 aromatic rings. The summed E-state index contributed by atoms with van der Waals surface area (Å²) in [6.07, 6.45) is 4.81. The molecule has 2 aromatic heterocycles. The Morgan fingerprint density at radius 1 is 1.36 bits per heavy atom. The molecule has 1 atom stereocenters. The van der Waals surface area contributed by atoms with Crippen molar-refractivity contribution in [3.63, 3.8) is 0 Å². The van der Waals surface area contributed by atoms with Gasteiger partial charge in [-0.2, -0.15) is 4.98 Å². The maximum absolute atomic E-state index is 12.5. The fourth-order valence-electron chi connectivity index (χ4n) is 2.71. The van der Waals surface area contributed by atoms with Crippen LogP contribution >= 0.6 is 11.3 Å². The standard InChI is InChI=1S/C14H19N3O3S2/c1-9(13-15-10(2)17-20-13)22(18,19)8-12-7-21-14(16-12)11-5-3-4-6-11/h7,9,11H,3-6,8H2,1-2H3/t9-/m1/s1. The number of rotatable bonds is 5. The fourth-order valence-corrected chi connectivity index (χ4v) is 5.02. The van der Waals surface area contributed by atoms with Crippen molar-refractivity contribution in [2.75, 3.05) is 0 Å². The highest BCUT2D eigenvalue weighted by Crippen LogP contribution is 2.36. The van der Waals surface area contributed by atoms with E-state index in [-0.39, 0.29) is 11.6 Å². The first-order valence-electron chi connectivity index (χ1n) is 7.42. The molecule has 2 heterocycles. The molecule has 0 amide bonds. The third-order valence-corrected chi connectivity index (χ3v) is 7.09. The predicted molar refractivity (Wildman–Crippen MR) is 83.4 cm³/mol. The van der Waals surface area contributed by atoms with E-state index in [0.29, 0.717) is 17.4 Å². The van der Waals surface area contributed by atoms with Gasteiger partial charge in [0.2, 0.25) is 5.89 Å². The molecule has 120 valence electrons. The van der Waals surface area contributed by atoms with Gasteiger partial charge in [0.05, 0.1) is 16.5 Å². The van der Waals surface area contributed by atoms with Crippen LogP contribution in [0.15, 0.2) is 9.90 Å². The summed E-state index contributed by atoms with van der Waals surface area (Å²) in [5.74, 6) is 1.01. The van der Waals surface area contributed by atoms with Crippen molar-refractivity contribution in [3.8, 4) is 0 Å². The van der Waals surface area contributed by atoms with Crippen LogP contribution in [0.3, 0.4) is 0 Å². The molecule has 0 spiro atoms. The van der Waals surface area contributed by atoms with Crippen LogP contribution in [0.5, 0.6) is 0 Å². The molecule has 0 unspecified atom stereocenters. The number of nitrogens with zero attached hydrogens (tertiary/aromatic N) is 3. The lowest BCUT2D eigenvalue weighted by Crippen LogP contribution is -2.13. The minimum atomic E-state index is -3.42. The Labute approximate surface area is 133 Å². The Bertz CT molecular complexity index is 745. The van der Waals surface area contributed by atoms with E-state index in [0.717, 1.165) is 17.8 Å². The van der Waals surface area contributed by atoms with Crippen molar-refractivity contribution < 1.29 is 12.9 Å². The van der Waals surface area contributed by atoms with Gasteiger partial charge in [-0.15, -0.1) is 11.3 Å². The summed E-state index contributed by atoms with van der Waals surface area (Å²) >= 11 is 1.57. The molecule has 0 aliphatic heterocycles. The van der Waals surface area contributed by atoms with E-state index < -0.39 is 15.1 Å². The van der Waals surface area contributed by atoms with E-state index in [4.69, 9.17) is 4.52 Å². The minimum Gasteiger partial charge on any atom is -0.338 e. The van der Waals surface area contributed by atoms with E-state index >= 15 is 0 Å². The second-order valence-corrected chi connectivity index (χ2v) is 9.00. The maximum atomic E-state index is 12.5. The predicted octanol–water partition coefficient (Wildman–Crippen LogP) is 3.17. The zero-order chi connectivity index (χ0) is 15.7. The van der Waals surface area contributed by atoms with Gasteiger partial charge in [-0.3, -0.25) is 0 Å². The number of aryl methyl sites for hydroxylation is 1. The monoisotopic (exact) mass is 341 g/mol. The van der Waals surface area contributed by atoms with Gasteiger partial charge in [-0.25, -0.2) is 13.4 Å². The molecule has 0 aromatic carbocycles. The molecule has 0 N–H and O–H groups in total. The zero-order valence-electron chi connectivity index (χ0n) is 12.7. The number of hydrogen-bond donors (Lipinski definition) is 0. The quantitative estimate of drug-likeness (QED) is 0.830. The first-order valence-corrected chi connectivity index (χ1v) is 10.0. The summed E-state index contributed by atoms with van der Waals surface area (Å²) < 4.78 is 29.9. The van der Waals surface area contributed by atoms with Gasteiger partial charge in [-0.05, 0) is 26.7 Å². The lowest BCUT2D eigenvalue weighted by molar-refractivity contribution is 0.373. The van der Waals surface area contributed by atoms with Gasteiger partial charge >= 0.3 is 0 Å². The number of thiazole rings is 1. The second kappa shape index (κ2) is 6.08. The van der Waals surface area contributed by atoms with Gasteiger partial charge in [-0.1, -0.05) is 18.0 Å². The zero-order valence-corrected chi connectivity index (χ0v) is 14.3. The van der Waals surface area contributed by atoms with Crippen molar-refractivity contribution >= 4 is 21.2 Å².